The minimum atomic E-state index is -1.18. The molecule has 0 aliphatic rings. The molecule has 0 atom stereocenters. The third-order valence-corrected chi connectivity index (χ3v) is 10.0. The molecule has 4 N–H and O–H groups in total. The Hall–Kier alpha value is -7.39. The first kappa shape index (κ1) is 44.2. The Kier molecular flexibility index (Phi) is 15.1. The average Bonchev–Trinajstić information content (AvgIpc) is 3.24. The van der Waals surface area contributed by atoms with Crippen LogP contribution in [-0.2, 0) is 52.1 Å². The topological polar surface area (TPSA) is 244 Å². The van der Waals surface area contributed by atoms with Crippen molar-refractivity contribution >= 4 is 35.6 Å². The second-order valence-corrected chi connectivity index (χ2v) is 15.1. The zero-order valence-corrected chi connectivity index (χ0v) is 34.0. The number of rotatable bonds is 21. The van der Waals surface area contributed by atoms with Gasteiger partial charge in [-0.25, -0.2) is 39.1 Å². The van der Waals surface area contributed by atoms with Crippen molar-refractivity contribution in [3.63, 3.8) is 0 Å². The highest BCUT2D eigenvalue weighted by molar-refractivity contribution is 8.03. The second kappa shape index (κ2) is 21.2. The van der Waals surface area contributed by atoms with Gasteiger partial charge in [0.2, 0.25) is 0 Å². The Balaban J connectivity index is 1.35. The lowest BCUT2D eigenvalue weighted by Crippen LogP contribution is -2.26. The molecule has 0 spiro atoms. The van der Waals surface area contributed by atoms with E-state index in [1.807, 2.05) is 46.2 Å². The van der Waals surface area contributed by atoms with E-state index < -0.39 is 23.9 Å². The Morgan fingerprint density at radius 3 is 1.15 bits per heavy atom. The molecule has 5 aromatic heterocycles. The SMILES string of the molecule is N#CSc1ccc(CCCc2cc(CN(Cc3cccc(C(=O)O)n3)Cc3cccc(C(=O)O)n3)nc(CN(Cc3cccc(C(=O)O)n3)Cc3cccc(C(=O)O)n3)c2)cc1. The summed E-state index contributed by atoms with van der Waals surface area (Å²) < 4.78 is 0. The van der Waals surface area contributed by atoms with Crippen LogP contribution in [0.25, 0.3) is 0 Å². The summed E-state index contributed by atoms with van der Waals surface area (Å²) in [7, 11) is 0. The van der Waals surface area contributed by atoms with E-state index in [4.69, 9.17) is 10.2 Å². The number of aromatic carboxylic acids is 4. The first-order chi connectivity index (χ1) is 29.9. The number of carboxylic acid groups (broad SMARTS) is 4. The predicted octanol–water partition coefficient (Wildman–Crippen LogP) is 6.61. The molecule has 0 saturated carbocycles. The molecule has 0 fully saturated rings. The molecule has 6 aromatic rings. The quantitative estimate of drug-likeness (QED) is 0.0440. The molecule has 0 amide bonds. The van der Waals surface area contributed by atoms with Gasteiger partial charge in [-0.15, -0.1) is 0 Å². The largest absolute Gasteiger partial charge is 0.477 e. The van der Waals surface area contributed by atoms with Gasteiger partial charge in [-0.2, -0.15) is 5.26 Å². The summed E-state index contributed by atoms with van der Waals surface area (Å²) in [6.45, 7) is 1.13. The number of aromatic nitrogens is 5. The highest BCUT2D eigenvalue weighted by atomic mass is 32.2. The fraction of sp³-hybridized carbons (Fsp3) is 0.200. The van der Waals surface area contributed by atoms with Crippen molar-refractivity contribution < 1.29 is 39.6 Å². The summed E-state index contributed by atoms with van der Waals surface area (Å²) in [5.74, 6) is -4.71. The summed E-state index contributed by atoms with van der Waals surface area (Å²) in [6.07, 6.45) is 2.19. The number of nitrogens with zero attached hydrogens (tertiary/aromatic N) is 8. The van der Waals surface area contributed by atoms with Crippen molar-refractivity contribution in [3.8, 4) is 5.40 Å². The van der Waals surface area contributed by atoms with Gasteiger partial charge in [-0.3, -0.25) is 14.8 Å². The van der Waals surface area contributed by atoms with Gasteiger partial charge >= 0.3 is 23.9 Å². The highest BCUT2D eigenvalue weighted by Crippen LogP contribution is 2.21. The number of hydrogen-bond acceptors (Lipinski definition) is 13. The van der Waals surface area contributed by atoms with Crippen LogP contribution < -0.4 is 0 Å². The summed E-state index contributed by atoms with van der Waals surface area (Å²) in [4.78, 5) is 74.3. The zero-order valence-electron chi connectivity index (χ0n) is 33.2. The molecule has 17 heteroatoms. The van der Waals surface area contributed by atoms with E-state index in [1.54, 1.807) is 48.5 Å². The van der Waals surface area contributed by atoms with E-state index in [-0.39, 0.29) is 62.0 Å². The molecule has 0 aliphatic heterocycles. The molecule has 62 heavy (non-hydrogen) atoms. The molecular formula is C45H40N8O8S. The third-order valence-electron chi connectivity index (χ3n) is 9.43. The Morgan fingerprint density at radius 1 is 0.468 bits per heavy atom. The molecule has 314 valence electrons. The molecule has 6 rings (SSSR count). The van der Waals surface area contributed by atoms with Gasteiger partial charge in [0.1, 0.15) is 28.2 Å². The Morgan fingerprint density at radius 2 is 0.806 bits per heavy atom. The van der Waals surface area contributed by atoms with E-state index in [0.717, 1.165) is 40.6 Å². The minimum absolute atomic E-state index is 0.124. The van der Waals surface area contributed by atoms with Crippen molar-refractivity contribution in [1.82, 2.24) is 34.7 Å². The summed E-state index contributed by atoms with van der Waals surface area (Å²) >= 11 is 1.10. The summed E-state index contributed by atoms with van der Waals surface area (Å²) in [5, 5.41) is 49.7. The molecule has 5 heterocycles. The maximum atomic E-state index is 11.8. The van der Waals surface area contributed by atoms with Crippen molar-refractivity contribution in [3.05, 3.63) is 177 Å². The third kappa shape index (κ3) is 13.1. The average molecular weight is 853 g/mol. The van der Waals surface area contributed by atoms with Gasteiger partial charge in [-0.05, 0) is 115 Å². The van der Waals surface area contributed by atoms with Crippen molar-refractivity contribution in [1.29, 1.82) is 5.26 Å². The lowest BCUT2D eigenvalue weighted by Gasteiger charge is -2.24. The van der Waals surface area contributed by atoms with E-state index in [2.05, 4.69) is 25.3 Å². The van der Waals surface area contributed by atoms with Crippen LogP contribution in [0.3, 0.4) is 0 Å². The van der Waals surface area contributed by atoms with E-state index in [0.29, 0.717) is 40.6 Å². The maximum absolute atomic E-state index is 11.8. The normalized spacial score (nSPS) is 11.0. The smallest absolute Gasteiger partial charge is 0.354 e. The molecule has 0 saturated heterocycles. The number of pyridine rings is 5. The predicted molar refractivity (Wildman–Crippen MR) is 225 cm³/mol. The number of carboxylic acids is 4. The zero-order chi connectivity index (χ0) is 44.0. The van der Waals surface area contributed by atoms with Crippen LogP contribution in [0.2, 0.25) is 0 Å². The lowest BCUT2D eigenvalue weighted by atomic mass is 10.0. The number of aryl methyl sites for hydroxylation is 2. The number of thioether (sulfide) groups is 1. The van der Waals surface area contributed by atoms with Gasteiger partial charge in [0.15, 0.2) is 0 Å². The maximum Gasteiger partial charge on any atom is 0.354 e. The molecule has 0 aliphatic carbocycles. The number of thiocyanates is 1. The first-order valence-corrected chi connectivity index (χ1v) is 20.1. The van der Waals surface area contributed by atoms with Crippen LogP contribution >= 0.6 is 11.8 Å². The van der Waals surface area contributed by atoms with E-state index in [9.17, 15) is 39.6 Å². The fourth-order valence-corrected chi connectivity index (χ4v) is 7.13. The summed E-state index contributed by atoms with van der Waals surface area (Å²) in [5.41, 5.74) is 4.74. The van der Waals surface area contributed by atoms with Crippen LogP contribution in [0.1, 0.15) is 93.7 Å². The molecule has 0 radical (unpaired) electrons. The molecule has 0 unspecified atom stereocenters. The molecule has 0 bridgehead atoms. The number of benzene rings is 1. The van der Waals surface area contributed by atoms with Gasteiger partial charge < -0.3 is 20.4 Å². The monoisotopic (exact) mass is 852 g/mol. The van der Waals surface area contributed by atoms with Crippen molar-refractivity contribution in [2.75, 3.05) is 0 Å². The van der Waals surface area contributed by atoms with Gasteiger partial charge in [0.25, 0.3) is 0 Å². The van der Waals surface area contributed by atoms with Crippen LogP contribution in [0.5, 0.6) is 0 Å². The molecule has 1 aromatic carbocycles. The van der Waals surface area contributed by atoms with Crippen LogP contribution in [0, 0.1) is 10.7 Å². The van der Waals surface area contributed by atoms with Crippen LogP contribution in [0.4, 0.5) is 0 Å². The number of hydrogen-bond donors (Lipinski definition) is 4. The lowest BCUT2D eigenvalue weighted by molar-refractivity contribution is 0.0679. The first-order valence-electron chi connectivity index (χ1n) is 19.3. The van der Waals surface area contributed by atoms with Crippen molar-refractivity contribution in [2.45, 2.75) is 63.4 Å². The van der Waals surface area contributed by atoms with E-state index >= 15 is 0 Å². The minimum Gasteiger partial charge on any atom is -0.477 e. The van der Waals surface area contributed by atoms with Gasteiger partial charge in [-0.1, -0.05) is 36.4 Å². The van der Waals surface area contributed by atoms with Crippen LogP contribution in [-0.4, -0.2) is 79.0 Å². The Labute approximate surface area is 360 Å². The Bertz CT molecular complexity index is 2360. The number of carbonyl (C=O) groups is 4. The fourth-order valence-electron chi connectivity index (χ4n) is 6.76. The molecular weight excluding hydrogens is 813 g/mol. The number of nitriles is 1. The van der Waals surface area contributed by atoms with E-state index in [1.165, 1.54) is 24.3 Å². The standard InChI is InChI=1S/C45H40N8O8S/c46-28-62-37-18-16-29(17-19-37)6-1-7-30-20-35(26-52(22-31-8-2-12-38(48-31)42(54)55)23-32-9-3-13-39(49-32)43(56)57)47-36(21-30)27-53(24-33-10-4-14-40(50-33)44(58)59)25-34-11-5-15-41(51-34)45(60)61/h2-5,8-21H,1,6-7,22-27H2,(H,54,55)(H,56,57)(H,58,59)(H,60,61). The molecule has 16 nitrogen and oxygen atoms in total. The van der Waals surface area contributed by atoms with Crippen molar-refractivity contribution in [2.24, 2.45) is 0 Å². The van der Waals surface area contributed by atoms with Gasteiger partial charge in [0.05, 0.1) is 34.2 Å². The van der Waals surface area contributed by atoms with Gasteiger partial charge in [0, 0.05) is 44.2 Å². The second-order valence-electron chi connectivity index (χ2n) is 14.2. The highest BCUT2D eigenvalue weighted by Gasteiger charge is 2.19. The summed E-state index contributed by atoms with van der Waals surface area (Å²) in [6, 6.07) is 30.7. The van der Waals surface area contributed by atoms with Crippen LogP contribution in [0.15, 0.2) is 114 Å².